The molecule has 7 nitrogen and oxygen atoms in total. The third-order valence-corrected chi connectivity index (χ3v) is 4.73. The van der Waals surface area contributed by atoms with Gasteiger partial charge in [0, 0.05) is 32.2 Å². The number of carbonyl (C=O) groups is 1. The molecule has 2 rings (SSSR count). The summed E-state index contributed by atoms with van der Waals surface area (Å²) in [5.41, 5.74) is 0.135. The predicted octanol–water partition coefficient (Wildman–Crippen LogP) is 0.390. The van der Waals surface area contributed by atoms with Crippen molar-refractivity contribution in [3.05, 3.63) is 17.4 Å². The van der Waals surface area contributed by atoms with E-state index >= 15 is 0 Å². The number of rotatable bonds is 3. The van der Waals surface area contributed by atoms with Crippen LogP contribution in [0.2, 0.25) is 0 Å². The summed E-state index contributed by atoms with van der Waals surface area (Å²) in [5.74, 6) is -0.372. The van der Waals surface area contributed by atoms with E-state index in [0.717, 1.165) is 0 Å². The van der Waals surface area contributed by atoms with Gasteiger partial charge < -0.3 is 14.5 Å². The zero-order valence-electron chi connectivity index (χ0n) is 11.2. The second kappa shape index (κ2) is 6.57. The maximum Gasteiger partial charge on any atom is 0.341 e. The number of methoxy groups -OCH3 is 1. The van der Waals surface area contributed by atoms with Gasteiger partial charge in [0.05, 0.1) is 7.11 Å². The summed E-state index contributed by atoms with van der Waals surface area (Å²) in [7, 11) is -2.45. The number of halogens is 1. The molecule has 114 valence electrons. The molecule has 0 amide bonds. The third-order valence-electron chi connectivity index (χ3n) is 2.97. The van der Waals surface area contributed by atoms with Crippen LogP contribution in [0.25, 0.3) is 0 Å². The lowest BCUT2D eigenvalue weighted by molar-refractivity contribution is 0.0599. The Morgan fingerprint density at radius 3 is 2.55 bits per heavy atom. The summed E-state index contributed by atoms with van der Waals surface area (Å²) in [4.78, 5) is 11.5. The number of carbonyl (C=O) groups excluding carboxylic acids is 1. The highest BCUT2D eigenvalue weighted by Crippen LogP contribution is 2.23. The molecule has 1 aromatic heterocycles. The minimum atomic E-state index is -3.69. The third kappa shape index (κ3) is 3.14. The number of aryl methyl sites for hydroxylation is 1. The highest BCUT2D eigenvalue weighted by molar-refractivity contribution is 7.89. The molecule has 0 spiro atoms. The van der Waals surface area contributed by atoms with Crippen LogP contribution in [-0.4, -0.2) is 52.0 Å². The minimum absolute atomic E-state index is 0. The Kier molecular flexibility index (Phi) is 5.58. The molecule has 0 atom stereocenters. The number of sulfonamides is 1. The van der Waals surface area contributed by atoms with Crippen LogP contribution in [0.1, 0.15) is 16.1 Å². The van der Waals surface area contributed by atoms with Crippen LogP contribution in [0.5, 0.6) is 0 Å². The molecule has 1 aromatic rings. The maximum atomic E-state index is 12.3. The molecule has 20 heavy (non-hydrogen) atoms. The number of nitrogens with one attached hydrogen (secondary N) is 1. The van der Waals surface area contributed by atoms with E-state index in [0.29, 0.717) is 26.2 Å². The fraction of sp³-hybridized carbons (Fsp3) is 0.545. The van der Waals surface area contributed by atoms with Crippen molar-refractivity contribution in [2.24, 2.45) is 0 Å². The van der Waals surface area contributed by atoms with Crippen LogP contribution in [0.15, 0.2) is 15.6 Å². The lowest BCUT2D eigenvalue weighted by atomic mass is 10.3. The summed E-state index contributed by atoms with van der Waals surface area (Å²) in [6.45, 7) is 3.50. The van der Waals surface area contributed by atoms with Crippen molar-refractivity contribution in [1.29, 1.82) is 0 Å². The lowest BCUT2D eigenvalue weighted by Gasteiger charge is -2.25. The monoisotopic (exact) mass is 324 g/mol. The molecule has 0 aromatic carbocycles. The molecule has 0 unspecified atom stereocenters. The second-order valence-corrected chi connectivity index (χ2v) is 6.05. The Balaban J connectivity index is 0.00000200. The van der Waals surface area contributed by atoms with Crippen LogP contribution in [0.3, 0.4) is 0 Å². The molecule has 1 saturated heterocycles. The SMILES string of the molecule is COC(=O)c1cc(S(=O)(=O)N2CCNCC2)oc1C.Cl. The van der Waals surface area contributed by atoms with Gasteiger partial charge in [0.1, 0.15) is 11.3 Å². The van der Waals surface area contributed by atoms with Gasteiger partial charge in [-0.15, -0.1) is 12.4 Å². The van der Waals surface area contributed by atoms with Crippen molar-refractivity contribution >= 4 is 28.4 Å². The number of furan rings is 1. The van der Waals surface area contributed by atoms with Crippen LogP contribution in [-0.2, 0) is 14.8 Å². The van der Waals surface area contributed by atoms with Crippen LogP contribution < -0.4 is 5.32 Å². The Hall–Kier alpha value is -1.09. The van der Waals surface area contributed by atoms with Crippen molar-refractivity contribution < 1.29 is 22.4 Å². The standard InChI is InChI=1S/C11H16N2O5S.ClH/c1-8-9(11(14)17-2)7-10(18-8)19(15,16)13-5-3-12-4-6-13;/h7,12H,3-6H2,1-2H3;1H. The number of hydrogen-bond donors (Lipinski definition) is 1. The molecule has 1 fully saturated rings. The molecular weight excluding hydrogens is 308 g/mol. The molecule has 0 aliphatic carbocycles. The fourth-order valence-electron chi connectivity index (χ4n) is 1.91. The summed E-state index contributed by atoms with van der Waals surface area (Å²) >= 11 is 0. The smallest absolute Gasteiger partial charge is 0.341 e. The Labute approximate surface area is 123 Å². The van der Waals surface area contributed by atoms with E-state index in [4.69, 9.17) is 4.42 Å². The molecule has 1 aliphatic rings. The topological polar surface area (TPSA) is 88.9 Å². The van der Waals surface area contributed by atoms with Gasteiger partial charge >= 0.3 is 5.97 Å². The van der Waals surface area contributed by atoms with E-state index in [1.807, 2.05) is 0 Å². The molecule has 2 heterocycles. The lowest BCUT2D eigenvalue weighted by Crippen LogP contribution is -2.46. The van der Waals surface area contributed by atoms with Gasteiger partial charge in [-0.2, -0.15) is 4.31 Å². The van der Waals surface area contributed by atoms with E-state index in [1.54, 1.807) is 0 Å². The maximum absolute atomic E-state index is 12.3. The molecule has 1 N–H and O–H groups in total. The summed E-state index contributed by atoms with van der Waals surface area (Å²) in [6, 6.07) is 1.22. The summed E-state index contributed by atoms with van der Waals surface area (Å²) in [5, 5.41) is 2.86. The Morgan fingerprint density at radius 1 is 1.40 bits per heavy atom. The normalized spacial score (nSPS) is 16.5. The van der Waals surface area contributed by atoms with Gasteiger partial charge in [0.25, 0.3) is 10.0 Å². The van der Waals surface area contributed by atoms with Crippen LogP contribution in [0, 0.1) is 6.92 Å². The van der Waals surface area contributed by atoms with E-state index in [2.05, 4.69) is 10.1 Å². The highest BCUT2D eigenvalue weighted by Gasteiger charge is 2.31. The summed E-state index contributed by atoms with van der Waals surface area (Å²) < 4.78 is 35.7. The first-order valence-corrected chi connectivity index (χ1v) is 7.30. The first-order valence-electron chi connectivity index (χ1n) is 5.86. The first kappa shape index (κ1) is 17.0. The van der Waals surface area contributed by atoms with Crippen molar-refractivity contribution in [2.75, 3.05) is 33.3 Å². The van der Waals surface area contributed by atoms with Gasteiger partial charge in [-0.25, -0.2) is 13.2 Å². The number of nitrogens with zero attached hydrogens (tertiary/aromatic N) is 1. The zero-order valence-corrected chi connectivity index (χ0v) is 12.8. The Bertz CT molecular complexity index is 578. The van der Waals surface area contributed by atoms with E-state index in [9.17, 15) is 13.2 Å². The predicted molar refractivity (Wildman–Crippen MR) is 73.7 cm³/mol. The fourth-order valence-corrected chi connectivity index (χ4v) is 3.32. The number of ether oxygens (including phenoxy) is 1. The average molecular weight is 325 g/mol. The van der Waals surface area contributed by atoms with Crippen molar-refractivity contribution in [1.82, 2.24) is 9.62 Å². The van der Waals surface area contributed by atoms with E-state index < -0.39 is 16.0 Å². The number of piperazine rings is 1. The van der Waals surface area contributed by atoms with Crippen molar-refractivity contribution in [2.45, 2.75) is 12.0 Å². The van der Waals surface area contributed by atoms with Gasteiger partial charge in [-0.3, -0.25) is 0 Å². The van der Waals surface area contributed by atoms with Gasteiger partial charge in [0.15, 0.2) is 0 Å². The van der Waals surface area contributed by atoms with E-state index in [1.165, 1.54) is 24.4 Å². The number of esters is 1. The largest absolute Gasteiger partial charge is 0.465 e. The van der Waals surface area contributed by atoms with Gasteiger partial charge in [0.2, 0.25) is 5.09 Å². The second-order valence-electron chi connectivity index (χ2n) is 4.18. The van der Waals surface area contributed by atoms with E-state index in [-0.39, 0.29) is 28.8 Å². The quantitative estimate of drug-likeness (QED) is 0.809. The summed E-state index contributed by atoms with van der Waals surface area (Å²) in [6.07, 6.45) is 0. The minimum Gasteiger partial charge on any atom is -0.465 e. The van der Waals surface area contributed by atoms with Crippen molar-refractivity contribution in [3.63, 3.8) is 0 Å². The number of hydrogen-bond acceptors (Lipinski definition) is 6. The van der Waals surface area contributed by atoms with Crippen LogP contribution >= 0.6 is 12.4 Å². The Morgan fingerprint density at radius 2 is 2.00 bits per heavy atom. The molecular formula is C11H17ClN2O5S. The van der Waals surface area contributed by atoms with Crippen LogP contribution in [0.4, 0.5) is 0 Å². The molecule has 0 saturated carbocycles. The van der Waals surface area contributed by atoms with Gasteiger partial charge in [-0.1, -0.05) is 0 Å². The first-order chi connectivity index (χ1) is 8.96. The molecule has 0 bridgehead atoms. The average Bonchev–Trinajstić information content (AvgIpc) is 2.81. The van der Waals surface area contributed by atoms with Gasteiger partial charge in [-0.05, 0) is 6.92 Å². The van der Waals surface area contributed by atoms with Crippen molar-refractivity contribution in [3.8, 4) is 0 Å². The highest BCUT2D eigenvalue weighted by atomic mass is 35.5. The molecule has 9 heteroatoms. The molecule has 0 radical (unpaired) electrons. The molecule has 1 aliphatic heterocycles. The zero-order chi connectivity index (χ0) is 14.0.